The molecule has 0 rings (SSSR count). The van der Waals surface area contributed by atoms with Gasteiger partial charge in [0.1, 0.15) is 0 Å². The van der Waals surface area contributed by atoms with Crippen LogP contribution in [0, 0.1) is 0 Å². The molecule has 0 saturated carbocycles. The topological polar surface area (TPSA) is 49.3 Å². The van der Waals surface area contributed by atoms with Crippen molar-refractivity contribution in [1.82, 2.24) is 5.32 Å². The molecule has 0 aromatic rings. The zero-order valence-corrected chi connectivity index (χ0v) is 7.76. The van der Waals surface area contributed by atoms with Crippen LogP contribution in [0.5, 0.6) is 0 Å². The van der Waals surface area contributed by atoms with Crippen LogP contribution in [0.15, 0.2) is 11.8 Å². The smallest absolute Gasteiger partial charge is 0.332 e. The molecule has 12 heavy (non-hydrogen) atoms. The molecule has 0 unspecified atom stereocenters. The van der Waals surface area contributed by atoms with Crippen LogP contribution in [0.25, 0.3) is 0 Å². The molecule has 3 heteroatoms. The van der Waals surface area contributed by atoms with Gasteiger partial charge in [0.05, 0.1) is 0 Å². The van der Waals surface area contributed by atoms with E-state index in [1.165, 1.54) is 12.8 Å². The number of rotatable bonds is 6. The molecular formula is C9H17NO2. The minimum atomic E-state index is -0.863. The van der Waals surface area contributed by atoms with E-state index in [1.54, 1.807) is 13.1 Å². The number of carboxylic acid groups (broad SMARTS) is 1. The molecule has 2 N–H and O–H groups in total. The van der Waals surface area contributed by atoms with Crippen LogP contribution in [-0.4, -0.2) is 17.6 Å². The summed E-state index contributed by atoms with van der Waals surface area (Å²) in [4.78, 5) is 10.3. The van der Waals surface area contributed by atoms with Crippen molar-refractivity contribution in [1.29, 1.82) is 0 Å². The van der Waals surface area contributed by atoms with Crippen molar-refractivity contribution in [2.75, 3.05) is 6.54 Å². The fourth-order valence-corrected chi connectivity index (χ4v) is 0.764. The normalized spacial score (nSPS) is 11.3. The summed E-state index contributed by atoms with van der Waals surface area (Å²) in [5.41, 5.74) is 0.353. The molecule has 0 bridgehead atoms. The average molecular weight is 171 g/mol. The van der Waals surface area contributed by atoms with Crippen LogP contribution >= 0.6 is 0 Å². The van der Waals surface area contributed by atoms with Crippen LogP contribution in [0.4, 0.5) is 0 Å². The number of hydrogen-bond acceptors (Lipinski definition) is 2. The summed E-state index contributed by atoms with van der Waals surface area (Å²) in [7, 11) is 0. The third-order valence-corrected chi connectivity index (χ3v) is 1.58. The van der Waals surface area contributed by atoms with E-state index in [-0.39, 0.29) is 0 Å². The minimum Gasteiger partial charge on any atom is -0.478 e. The lowest BCUT2D eigenvalue weighted by molar-refractivity contribution is -0.132. The Morgan fingerprint density at radius 2 is 2.17 bits per heavy atom. The minimum absolute atomic E-state index is 0.353. The van der Waals surface area contributed by atoms with Crippen LogP contribution < -0.4 is 5.32 Å². The Morgan fingerprint density at radius 3 is 2.67 bits per heavy atom. The lowest BCUT2D eigenvalue weighted by atomic mass is 10.2. The van der Waals surface area contributed by atoms with Gasteiger partial charge in [-0.2, -0.15) is 0 Å². The van der Waals surface area contributed by atoms with Crippen molar-refractivity contribution in [2.24, 2.45) is 0 Å². The largest absolute Gasteiger partial charge is 0.478 e. The predicted molar refractivity (Wildman–Crippen MR) is 48.9 cm³/mol. The maximum Gasteiger partial charge on any atom is 0.332 e. The molecule has 0 aliphatic carbocycles. The van der Waals surface area contributed by atoms with Gasteiger partial charge in [-0.3, -0.25) is 0 Å². The molecule has 70 valence electrons. The van der Waals surface area contributed by atoms with Gasteiger partial charge >= 0.3 is 5.97 Å². The van der Waals surface area contributed by atoms with Crippen LogP contribution in [0.3, 0.4) is 0 Å². The highest BCUT2D eigenvalue weighted by Crippen LogP contribution is 1.92. The summed E-state index contributed by atoms with van der Waals surface area (Å²) in [6, 6.07) is 0. The van der Waals surface area contributed by atoms with Crippen molar-refractivity contribution in [3.8, 4) is 0 Å². The summed E-state index contributed by atoms with van der Waals surface area (Å²) in [6.07, 6.45) is 5.02. The molecule has 0 saturated heterocycles. The second kappa shape index (κ2) is 6.70. The first-order valence-corrected chi connectivity index (χ1v) is 4.32. The van der Waals surface area contributed by atoms with E-state index in [9.17, 15) is 4.79 Å². The molecular weight excluding hydrogens is 154 g/mol. The van der Waals surface area contributed by atoms with Crippen molar-refractivity contribution >= 4 is 5.97 Å². The Bertz CT molecular complexity index is 164. The van der Waals surface area contributed by atoms with Gasteiger partial charge in [0.2, 0.25) is 0 Å². The number of unbranched alkanes of at least 4 members (excludes halogenated alkanes) is 2. The summed E-state index contributed by atoms with van der Waals surface area (Å²) in [5, 5.41) is 11.4. The van der Waals surface area contributed by atoms with E-state index < -0.39 is 5.97 Å². The fraction of sp³-hybridized carbons (Fsp3) is 0.667. The molecule has 0 aliphatic heterocycles. The lowest BCUT2D eigenvalue weighted by Gasteiger charge is -1.99. The van der Waals surface area contributed by atoms with Crippen LogP contribution in [0.2, 0.25) is 0 Å². The average Bonchev–Trinajstić information content (AvgIpc) is 2.03. The molecule has 0 spiro atoms. The van der Waals surface area contributed by atoms with E-state index >= 15 is 0 Å². The van der Waals surface area contributed by atoms with Crippen molar-refractivity contribution < 1.29 is 9.90 Å². The van der Waals surface area contributed by atoms with Gasteiger partial charge in [-0.1, -0.05) is 19.8 Å². The highest BCUT2D eigenvalue weighted by Gasteiger charge is 1.96. The lowest BCUT2D eigenvalue weighted by Crippen LogP contribution is -2.10. The number of aliphatic carboxylic acids is 1. The number of carbonyl (C=O) groups is 1. The summed E-state index contributed by atoms with van der Waals surface area (Å²) in [6.45, 7) is 4.58. The first-order valence-electron chi connectivity index (χ1n) is 4.32. The number of nitrogens with one attached hydrogen (secondary N) is 1. The molecule has 0 radical (unpaired) electrons. The molecule has 0 aliphatic rings. The van der Waals surface area contributed by atoms with Crippen LogP contribution in [-0.2, 0) is 4.79 Å². The molecule has 0 amide bonds. The van der Waals surface area contributed by atoms with Crippen molar-refractivity contribution in [3.05, 3.63) is 11.8 Å². The highest BCUT2D eigenvalue weighted by molar-refractivity contribution is 5.85. The van der Waals surface area contributed by atoms with Crippen LogP contribution in [0.1, 0.15) is 33.1 Å². The molecule has 0 aromatic heterocycles. The summed E-state index contributed by atoms with van der Waals surface area (Å²) in [5.74, 6) is -0.863. The van der Waals surface area contributed by atoms with E-state index in [0.29, 0.717) is 5.57 Å². The first kappa shape index (κ1) is 11.0. The van der Waals surface area contributed by atoms with E-state index in [4.69, 9.17) is 5.11 Å². The molecule has 0 aromatic carbocycles. The summed E-state index contributed by atoms with van der Waals surface area (Å²) < 4.78 is 0. The molecule has 3 nitrogen and oxygen atoms in total. The standard InChI is InChI=1S/C9H17NO2/c1-3-4-5-6-10-7-8(2)9(11)12/h7,10H,3-6H2,1-2H3,(H,11,12)/b8-7+. The van der Waals surface area contributed by atoms with Gasteiger partial charge < -0.3 is 10.4 Å². The van der Waals surface area contributed by atoms with Gasteiger partial charge in [0, 0.05) is 18.3 Å². The van der Waals surface area contributed by atoms with Crippen molar-refractivity contribution in [2.45, 2.75) is 33.1 Å². The van der Waals surface area contributed by atoms with Gasteiger partial charge in [-0.15, -0.1) is 0 Å². The third-order valence-electron chi connectivity index (χ3n) is 1.58. The van der Waals surface area contributed by atoms with E-state index in [2.05, 4.69) is 12.2 Å². The zero-order valence-electron chi connectivity index (χ0n) is 7.76. The Hall–Kier alpha value is -0.990. The fourth-order valence-electron chi connectivity index (χ4n) is 0.764. The summed E-state index contributed by atoms with van der Waals surface area (Å²) >= 11 is 0. The second-order valence-corrected chi connectivity index (χ2v) is 2.79. The van der Waals surface area contributed by atoms with Gasteiger partial charge in [0.15, 0.2) is 0 Å². The Balaban J connectivity index is 3.40. The second-order valence-electron chi connectivity index (χ2n) is 2.79. The monoisotopic (exact) mass is 171 g/mol. The Morgan fingerprint density at radius 1 is 1.50 bits per heavy atom. The van der Waals surface area contributed by atoms with Gasteiger partial charge in [-0.25, -0.2) is 4.79 Å². The first-order chi connectivity index (χ1) is 5.68. The quantitative estimate of drug-likeness (QED) is 0.473. The van der Waals surface area contributed by atoms with Gasteiger partial charge in [0.25, 0.3) is 0 Å². The molecule has 0 heterocycles. The SMILES string of the molecule is CCCCCN/C=C(\C)C(=O)O. The maximum atomic E-state index is 10.3. The third kappa shape index (κ3) is 5.77. The van der Waals surface area contributed by atoms with Gasteiger partial charge in [-0.05, 0) is 13.3 Å². The Labute approximate surface area is 73.5 Å². The van der Waals surface area contributed by atoms with E-state index in [0.717, 1.165) is 13.0 Å². The number of carboxylic acids is 1. The predicted octanol–water partition coefficient (Wildman–Crippen LogP) is 1.75. The highest BCUT2D eigenvalue weighted by atomic mass is 16.4. The molecule has 0 atom stereocenters. The zero-order chi connectivity index (χ0) is 9.40. The maximum absolute atomic E-state index is 10.3. The number of hydrogen-bond donors (Lipinski definition) is 2. The molecule has 0 fully saturated rings. The van der Waals surface area contributed by atoms with E-state index in [1.807, 2.05) is 0 Å². The van der Waals surface area contributed by atoms with Crippen molar-refractivity contribution in [3.63, 3.8) is 0 Å². The Kier molecular flexibility index (Phi) is 6.15.